The van der Waals surface area contributed by atoms with Crippen LogP contribution in [0, 0.1) is 0 Å². The number of ether oxygens (including phenoxy) is 2. The third kappa shape index (κ3) is 2.55. The van der Waals surface area contributed by atoms with Gasteiger partial charge in [-0.2, -0.15) is 0 Å². The van der Waals surface area contributed by atoms with Crippen LogP contribution in [0.5, 0.6) is 11.5 Å². The quantitative estimate of drug-likeness (QED) is 0.782. The van der Waals surface area contributed by atoms with Crippen LogP contribution in [0.3, 0.4) is 0 Å². The van der Waals surface area contributed by atoms with Gasteiger partial charge in [0, 0.05) is 38.5 Å². The van der Waals surface area contributed by atoms with Crippen molar-refractivity contribution >= 4 is 11.8 Å². The van der Waals surface area contributed by atoms with Crippen molar-refractivity contribution in [1.29, 1.82) is 0 Å². The maximum Gasteiger partial charge on any atom is 0.231 e. The minimum Gasteiger partial charge on any atom is -0.454 e. The van der Waals surface area contributed by atoms with Gasteiger partial charge in [-0.05, 0) is 17.7 Å². The van der Waals surface area contributed by atoms with Crippen LogP contribution in [0.25, 0.3) is 0 Å². The van der Waals surface area contributed by atoms with Gasteiger partial charge in [0.2, 0.25) is 6.79 Å². The number of fused-ring (bicyclic) bond motifs is 1. The van der Waals surface area contributed by atoms with Crippen LogP contribution in [0.1, 0.15) is 5.56 Å². The number of hydrogen-bond acceptors (Lipinski definition) is 5. The summed E-state index contributed by atoms with van der Waals surface area (Å²) >= 11 is 2.07. The summed E-state index contributed by atoms with van der Waals surface area (Å²) in [5.74, 6) is 3.10. The average Bonchev–Trinajstić information content (AvgIpc) is 3.18. The summed E-state index contributed by atoms with van der Waals surface area (Å²) in [5, 5.41) is 0.827. The van der Waals surface area contributed by atoms with Gasteiger partial charge < -0.3 is 9.47 Å². The lowest BCUT2D eigenvalue weighted by Crippen LogP contribution is -2.46. The molecule has 4 rings (SSSR count). The molecule has 1 atom stereocenters. The van der Waals surface area contributed by atoms with Gasteiger partial charge in [-0.3, -0.25) is 9.80 Å². The number of nitrogens with zero attached hydrogens (tertiary/aromatic N) is 2. The first kappa shape index (κ1) is 11.9. The van der Waals surface area contributed by atoms with Gasteiger partial charge in [0.25, 0.3) is 0 Å². The molecule has 0 spiro atoms. The van der Waals surface area contributed by atoms with Crippen molar-refractivity contribution in [3.8, 4) is 11.5 Å². The highest BCUT2D eigenvalue weighted by Gasteiger charge is 2.32. The fourth-order valence-electron chi connectivity index (χ4n) is 2.76. The molecular formula is C14H18N2O2S. The SMILES string of the molecule is c1cc2c(cc1CN1CCN(C3CS3)CC1)OCO2. The van der Waals surface area contributed by atoms with E-state index in [0.717, 1.165) is 23.4 Å². The lowest BCUT2D eigenvalue weighted by atomic mass is 10.1. The summed E-state index contributed by atoms with van der Waals surface area (Å²) in [6.07, 6.45) is 0. The number of hydrogen-bond donors (Lipinski definition) is 0. The van der Waals surface area contributed by atoms with E-state index < -0.39 is 0 Å². The molecule has 4 nitrogen and oxygen atoms in total. The Bertz CT molecular complexity index is 471. The highest BCUT2D eigenvalue weighted by Crippen LogP contribution is 2.35. The van der Waals surface area contributed by atoms with Crippen LogP contribution >= 0.6 is 11.8 Å². The van der Waals surface area contributed by atoms with Crippen molar-refractivity contribution in [2.75, 3.05) is 38.7 Å². The van der Waals surface area contributed by atoms with E-state index in [1.807, 2.05) is 6.07 Å². The van der Waals surface area contributed by atoms with Crippen molar-refractivity contribution in [1.82, 2.24) is 9.80 Å². The standard InChI is InChI=1S/C14H18N2O2S/c1-2-12-13(18-10-17-12)7-11(1)8-15-3-5-16(6-4-15)14-9-19-14/h1-2,7,14H,3-6,8-10H2. The molecule has 5 heteroatoms. The molecular weight excluding hydrogens is 260 g/mol. The Morgan fingerprint density at radius 1 is 1.11 bits per heavy atom. The van der Waals surface area contributed by atoms with E-state index in [1.165, 1.54) is 37.5 Å². The monoisotopic (exact) mass is 278 g/mol. The summed E-state index contributed by atoms with van der Waals surface area (Å²) in [6, 6.07) is 6.29. The molecule has 0 aliphatic carbocycles. The van der Waals surface area contributed by atoms with E-state index in [1.54, 1.807) is 0 Å². The third-order valence-corrected chi connectivity index (χ3v) is 4.90. The molecule has 0 amide bonds. The average molecular weight is 278 g/mol. The summed E-state index contributed by atoms with van der Waals surface area (Å²) < 4.78 is 10.8. The number of thioether (sulfide) groups is 1. The largest absolute Gasteiger partial charge is 0.454 e. The minimum absolute atomic E-state index is 0.358. The molecule has 0 aromatic heterocycles. The molecule has 2 fully saturated rings. The molecule has 0 saturated carbocycles. The lowest BCUT2D eigenvalue weighted by molar-refractivity contribution is 0.130. The van der Waals surface area contributed by atoms with Crippen molar-refractivity contribution in [3.05, 3.63) is 23.8 Å². The van der Waals surface area contributed by atoms with Gasteiger partial charge in [0.15, 0.2) is 11.5 Å². The van der Waals surface area contributed by atoms with E-state index in [-0.39, 0.29) is 0 Å². The predicted octanol–water partition coefficient (Wildman–Crippen LogP) is 1.61. The van der Waals surface area contributed by atoms with Crippen LogP contribution in [-0.2, 0) is 6.54 Å². The van der Waals surface area contributed by atoms with Crippen LogP contribution in [-0.4, -0.2) is 53.9 Å². The fourth-order valence-corrected chi connectivity index (χ4v) is 3.48. The van der Waals surface area contributed by atoms with Crippen LogP contribution in [0.2, 0.25) is 0 Å². The Kier molecular flexibility index (Phi) is 3.06. The van der Waals surface area contributed by atoms with E-state index in [2.05, 4.69) is 33.7 Å². The van der Waals surface area contributed by atoms with E-state index in [4.69, 9.17) is 9.47 Å². The molecule has 0 radical (unpaired) electrons. The molecule has 1 unspecified atom stereocenters. The zero-order chi connectivity index (χ0) is 12.7. The van der Waals surface area contributed by atoms with Crippen LogP contribution in [0.15, 0.2) is 18.2 Å². The van der Waals surface area contributed by atoms with E-state index in [0.29, 0.717) is 6.79 Å². The van der Waals surface area contributed by atoms with Crippen LogP contribution in [0.4, 0.5) is 0 Å². The van der Waals surface area contributed by atoms with Gasteiger partial charge in [-0.25, -0.2) is 0 Å². The molecule has 0 N–H and O–H groups in total. The van der Waals surface area contributed by atoms with Gasteiger partial charge >= 0.3 is 0 Å². The molecule has 1 aromatic rings. The first-order chi connectivity index (χ1) is 9.38. The molecule has 3 aliphatic rings. The number of benzene rings is 1. The van der Waals surface area contributed by atoms with Crippen LogP contribution < -0.4 is 9.47 Å². The van der Waals surface area contributed by atoms with E-state index in [9.17, 15) is 0 Å². The van der Waals surface area contributed by atoms with Gasteiger partial charge in [-0.15, -0.1) is 11.8 Å². The molecule has 102 valence electrons. The molecule has 3 aliphatic heterocycles. The maximum atomic E-state index is 5.43. The molecule has 19 heavy (non-hydrogen) atoms. The van der Waals surface area contributed by atoms with Crippen molar-refractivity contribution in [2.24, 2.45) is 0 Å². The first-order valence-electron chi connectivity index (χ1n) is 6.85. The van der Waals surface area contributed by atoms with E-state index >= 15 is 0 Å². The summed E-state index contributed by atoms with van der Waals surface area (Å²) in [7, 11) is 0. The second kappa shape index (κ2) is 4.89. The molecule has 2 saturated heterocycles. The van der Waals surface area contributed by atoms with Crippen molar-refractivity contribution in [2.45, 2.75) is 11.9 Å². The molecule has 1 aromatic carbocycles. The highest BCUT2D eigenvalue weighted by molar-refractivity contribution is 8.06. The summed E-state index contributed by atoms with van der Waals surface area (Å²) in [5.41, 5.74) is 1.32. The second-order valence-corrected chi connectivity index (χ2v) is 6.50. The second-order valence-electron chi connectivity index (χ2n) is 5.29. The summed E-state index contributed by atoms with van der Waals surface area (Å²) in [4.78, 5) is 5.14. The Labute approximate surface area is 117 Å². The van der Waals surface area contributed by atoms with Crippen molar-refractivity contribution < 1.29 is 9.47 Å². The number of rotatable bonds is 3. The Hall–Kier alpha value is -0.910. The smallest absolute Gasteiger partial charge is 0.231 e. The van der Waals surface area contributed by atoms with Crippen molar-refractivity contribution in [3.63, 3.8) is 0 Å². The first-order valence-corrected chi connectivity index (χ1v) is 7.90. The normalized spacial score (nSPS) is 26.6. The van der Waals surface area contributed by atoms with Gasteiger partial charge in [-0.1, -0.05) is 6.07 Å². The fraction of sp³-hybridized carbons (Fsp3) is 0.571. The highest BCUT2D eigenvalue weighted by atomic mass is 32.2. The Morgan fingerprint density at radius 2 is 1.89 bits per heavy atom. The Morgan fingerprint density at radius 3 is 2.68 bits per heavy atom. The zero-order valence-electron chi connectivity index (χ0n) is 10.9. The predicted molar refractivity (Wildman–Crippen MR) is 75.7 cm³/mol. The maximum absolute atomic E-state index is 5.43. The van der Waals surface area contributed by atoms with Gasteiger partial charge in [0.1, 0.15) is 0 Å². The minimum atomic E-state index is 0.358. The zero-order valence-corrected chi connectivity index (χ0v) is 11.7. The lowest BCUT2D eigenvalue weighted by Gasteiger charge is -2.34. The molecule has 3 heterocycles. The number of piperazine rings is 1. The Balaban J connectivity index is 1.36. The summed E-state index contributed by atoms with van der Waals surface area (Å²) in [6.45, 7) is 6.14. The topological polar surface area (TPSA) is 24.9 Å². The molecule has 0 bridgehead atoms. The van der Waals surface area contributed by atoms with Gasteiger partial charge in [0.05, 0.1) is 5.37 Å². The third-order valence-electron chi connectivity index (χ3n) is 3.97.